The number of carbonyl (C=O) groups excluding carboxylic acids is 1. The maximum atomic E-state index is 14.0. The number of aryl methyl sites for hydroxylation is 2. The van der Waals surface area contributed by atoms with Gasteiger partial charge in [0, 0.05) is 22.5 Å². The number of rotatable bonds is 3. The smallest absolute Gasteiger partial charge is 0.308 e. The minimum absolute atomic E-state index is 0.192. The molecule has 7 heteroatoms. The molecule has 6 rings (SSSR count). The molecule has 3 heterocycles. The number of para-hydroxylation sites is 1. The highest BCUT2D eigenvalue weighted by Gasteiger charge is 2.36. The van der Waals surface area contributed by atoms with E-state index in [0.717, 1.165) is 45.3 Å². The van der Waals surface area contributed by atoms with Crippen molar-refractivity contribution in [2.45, 2.75) is 26.4 Å². The van der Waals surface area contributed by atoms with Crippen molar-refractivity contribution in [1.29, 1.82) is 0 Å². The summed E-state index contributed by atoms with van der Waals surface area (Å²) < 4.78 is 4.11. The molecular weight excluding hydrogens is 482 g/mol. The summed E-state index contributed by atoms with van der Waals surface area (Å²) in [5.74, 6) is 0.932. The molecule has 1 aliphatic heterocycles. The van der Waals surface area contributed by atoms with Crippen LogP contribution in [0.25, 0.3) is 11.5 Å². The fourth-order valence-electron chi connectivity index (χ4n) is 5.09. The lowest BCUT2D eigenvalue weighted by Gasteiger charge is -2.31. The van der Waals surface area contributed by atoms with Gasteiger partial charge in [-0.3, -0.25) is 0 Å². The molecule has 0 aliphatic carbocycles. The Bertz CT molecular complexity index is 1600. The first-order valence-corrected chi connectivity index (χ1v) is 12.6. The van der Waals surface area contributed by atoms with Crippen LogP contribution in [0.2, 0.25) is 5.02 Å². The standard InChI is InChI=1S/C30H26ClN5O/c1-20-9-6-12-24(17-20)32-30(37)35-19-26-21(2)33-36(25-13-4-3-5-14-25)29(26)34-16-8-15-27(34)28(35)22-10-7-11-23(31)18-22/h3-18,28H,19H2,1-2H3,(H,32,37)/t28-/m0/s1. The van der Waals surface area contributed by atoms with Crippen molar-refractivity contribution >= 4 is 23.3 Å². The van der Waals surface area contributed by atoms with E-state index in [1.165, 1.54) is 0 Å². The monoisotopic (exact) mass is 507 g/mol. The van der Waals surface area contributed by atoms with Crippen LogP contribution in [-0.2, 0) is 6.54 Å². The second-order valence-electron chi connectivity index (χ2n) is 9.32. The van der Waals surface area contributed by atoms with Gasteiger partial charge >= 0.3 is 6.03 Å². The van der Waals surface area contributed by atoms with E-state index in [-0.39, 0.29) is 12.1 Å². The average Bonchev–Trinajstić information content (AvgIpc) is 3.45. The molecule has 0 saturated carbocycles. The van der Waals surface area contributed by atoms with Gasteiger partial charge in [-0.2, -0.15) is 5.10 Å². The van der Waals surface area contributed by atoms with Gasteiger partial charge in [-0.05, 0) is 73.5 Å². The molecule has 3 aromatic carbocycles. The van der Waals surface area contributed by atoms with Gasteiger partial charge in [-0.25, -0.2) is 9.48 Å². The molecule has 1 atom stereocenters. The van der Waals surface area contributed by atoms with Crippen LogP contribution in [0.1, 0.15) is 34.1 Å². The summed E-state index contributed by atoms with van der Waals surface area (Å²) in [5, 5.41) is 8.65. The first-order chi connectivity index (χ1) is 18.0. The maximum absolute atomic E-state index is 14.0. The second-order valence-corrected chi connectivity index (χ2v) is 9.76. The number of carbonyl (C=O) groups is 1. The highest BCUT2D eigenvalue weighted by molar-refractivity contribution is 6.30. The Morgan fingerprint density at radius 2 is 1.76 bits per heavy atom. The lowest BCUT2D eigenvalue weighted by Crippen LogP contribution is -2.38. The van der Waals surface area contributed by atoms with Gasteiger partial charge in [-0.15, -0.1) is 0 Å². The lowest BCUT2D eigenvalue weighted by molar-refractivity contribution is 0.194. The predicted molar refractivity (Wildman–Crippen MR) is 147 cm³/mol. The number of anilines is 1. The summed E-state index contributed by atoms with van der Waals surface area (Å²) in [5.41, 5.74) is 6.56. The number of urea groups is 1. The van der Waals surface area contributed by atoms with Gasteiger partial charge < -0.3 is 14.8 Å². The zero-order valence-electron chi connectivity index (χ0n) is 20.6. The Hall–Kier alpha value is -4.29. The third-order valence-corrected chi connectivity index (χ3v) is 7.02. The van der Waals surface area contributed by atoms with Crippen LogP contribution in [0, 0.1) is 13.8 Å². The Kier molecular flexibility index (Phi) is 5.81. The van der Waals surface area contributed by atoms with Gasteiger partial charge in [0.15, 0.2) is 0 Å². The van der Waals surface area contributed by atoms with E-state index >= 15 is 0 Å². The largest absolute Gasteiger partial charge is 0.322 e. The number of hydrogen-bond acceptors (Lipinski definition) is 2. The third kappa shape index (κ3) is 4.19. The molecule has 1 N–H and O–H groups in total. The van der Waals surface area contributed by atoms with Gasteiger partial charge in [0.2, 0.25) is 0 Å². The van der Waals surface area contributed by atoms with Gasteiger partial charge in [0.25, 0.3) is 0 Å². The molecule has 2 amide bonds. The number of nitrogens with one attached hydrogen (secondary N) is 1. The summed E-state index contributed by atoms with van der Waals surface area (Å²) in [6.45, 7) is 4.39. The average molecular weight is 508 g/mol. The molecule has 1 aliphatic rings. The molecule has 2 aromatic heterocycles. The fourth-order valence-corrected chi connectivity index (χ4v) is 5.29. The molecule has 0 fully saturated rings. The van der Waals surface area contributed by atoms with E-state index in [9.17, 15) is 4.79 Å². The molecule has 0 spiro atoms. The number of hydrogen-bond donors (Lipinski definition) is 1. The summed E-state index contributed by atoms with van der Waals surface area (Å²) in [6.07, 6.45) is 2.04. The van der Waals surface area contributed by atoms with Crippen molar-refractivity contribution in [1.82, 2.24) is 19.2 Å². The van der Waals surface area contributed by atoms with Crippen LogP contribution in [0.5, 0.6) is 0 Å². The normalized spacial score (nSPS) is 14.6. The highest BCUT2D eigenvalue weighted by Crippen LogP contribution is 2.39. The van der Waals surface area contributed by atoms with Crippen LogP contribution in [0.3, 0.4) is 0 Å². The number of amides is 2. The van der Waals surface area contributed by atoms with E-state index in [0.29, 0.717) is 11.6 Å². The summed E-state index contributed by atoms with van der Waals surface area (Å²) in [6, 6.07) is 29.2. The maximum Gasteiger partial charge on any atom is 0.322 e. The Morgan fingerprint density at radius 1 is 0.946 bits per heavy atom. The zero-order valence-corrected chi connectivity index (χ0v) is 21.4. The van der Waals surface area contributed by atoms with Crippen LogP contribution in [-0.4, -0.2) is 25.3 Å². The number of halogens is 1. The third-order valence-electron chi connectivity index (χ3n) is 6.78. The lowest BCUT2D eigenvalue weighted by atomic mass is 10.0. The molecule has 0 bridgehead atoms. The molecule has 37 heavy (non-hydrogen) atoms. The molecule has 184 valence electrons. The van der Waals surface area contributed by atoms with Crippen molar-refractivity contribution in [3.8, 4) is 11.5 Å². The van der Waals surface area contributed by atoms with Gasteiger partial charge in [0.05, 0.1) is 29.7 Å². The van der Waals surface area contributed by atoms with Crippen LogP contribution in [0.15, 0.2) is 97.2 Å². The topological polar surface area (TPSA) is 55.1 Å². The van der Waals surface area contributed by atoms with E-state index < -0.39 is 0 Å². The molecule has 5 aromatic rings. The fraction of sp³-hybridized carbons (Fsp3) is 0.133. The minimum Gasteiger partial charge on any atom is -0.308 e. The van der Waals surface area contributed by atoms with E-state index in [4.69, 9.17) is 16.7 Å². The van der Waals surface area contributed by atoms with Crippen molar-refractivity contribution in [2.24, 2.45) is 0 Å². The van der Waals surface area contributed by atoms with E-state index in [1.54, 1.807) is 0 Å². The van der Waals surface area contributed by atoms with E-state index in [1.807, 2.05) is 115 Å². The van der Waals surface area contributed by atoms with Crippen molar-refractivity contribution < 1.29 is 4.79 Å². The number of benzene rings is 3. The molecular formula is C30H26ClN5O. The quantitative estimate of drug-likeness (QED) is 0.284. The molecule has 0 unspecified atom stereocenters. The van der Waals surface area contributed by atoms with Crippen LogP contribution >= 0.6 is 11.6 Å². The van der Waals surface area contributed by atoms with E-state index in [2.05, 4.69) is 16.0 Å². The van der Waals surface area contributed by atoms with Crippen molar-refractivity contribution in [3.05, 3.63) is 130 Å². The first-order valence-electron chi connectivity index (χ1n) is 12.2. The van der Waals surface area contributed by atoms with Gasteiger partial charge in [0.1, 0.15) is 5.82 Å². The van der Waals surface area contributed by atoms with Crippen molar-refractivity contribution in [3.63, 3.8) is 0 Å². The predicted octanol–water partition coefficient (Wildman–Crippen LogP) is 7.07. The summed E-state index contributed by atoms with van der Waals surface area (Å²) in [4.78, 5) is 15.8. The van der Waals surface area contributed by atoms with Crippen LogP contribution < -0.4 is 5.32 Å². The Balaban J connectivity index is 1.54. The van der Waals surface area contributed by atoms with Gasteiger partial charge in [-0.1, -0.05) is 54.1 Å². The number of nitrogens with zero attached hydrogens (tertiary/aromatic N) is 4. The Morgan fingerprint density at radius 3 is 2.54 bits per heavy atom. The minimum atomic E-state index is -0.366. The summed E-state index contributed by atoms with van der Waals surface area (Å²) >= 11 is 6.44. The molecule has 0 saturated heterocycles. The highest BCUT2D eigenvalue weighted by atomic mass is 35.5. The first kappa shape index (κ1) is 23.1. The Labute approximate surface area is 220 Å². The summed E-state index contributed by atoms with van der Waals surface area (Å²) in [7, 11) is 0. The second kappa shape index (κ2) is 9.30. The van der Waals surface area contributed by atoms with Crippen LogP contribution in [0.4, 0.5) is 10.5 Å². The zero-order chi connectivity index (χ0) is 25.5. The van der Waals surface area contributed by atoms with Crippen molar-refractivity contribution in [2.75, 3.05) is 5.32 Å². The molecule has 6 nitrogen and oxygen atoms in total. The molecule has 0 radical (unpaired) electrons. The SMILES string of the molecule is Cc1cccc(NC(=O)N2Cc3c(C)nn(-c4ccccc4)c3-n3cccc3[C@@H]2c2cccc(Cl)c2)c1. The number of fused-ring (bicyclic) bond motifs is 3. The number of aromatic nitrogens is 3.